The largest absolute Gasteiger partial charge is 0.478 e. The second kappa shape index (κ2) is 8.18. The molecule has 0 unspecified atom stereocenters. The maximum atomic E-state index is 14.8. The van der Waals surface area contributed by atoms with E-state index in [1.807, 2.05) is 0 Å². The Morgan fingerprint density at radius 2 is 1.76 bits per heavy atom. The summed E-state index contributed by atoms with van der Waals surface area (Å²) in [6.45, 7) is 0. The molecule has 174 valence electrons. The molecular formula is C22H16ClF4NO4S. The van der Waals surface area contributed by atoms with Crippen LogP contribution >= 0.6 is 11.6 Å². The Morgan fingerprint density at radius 1 is 1.06 bits per heavy atom. The van der Waals surface area contributed by atoms with Crippen LogP contribution in [0.25, 0.3) is 11.1 Å². The van der Waals surface area contributed by atoms with E-state index in [0.717, 1.165) is 28.4 Å². The van der Waals surface area contributed by atoms with Crippen molar-refractivity contribution >= 4 is 27.6 Å². The highest BCUT2D eigenvalue weighted by Gasteiger charge is 2.40. The Balaban J connectivity index is 1.97. The van der Waals surface area contributed by atoms with Crippen LogP contribution in [0, 0.1) is 5.82 Å². The van der Waals surface area contributed by atoms with Crippen LogP contribution in [-0.2, 0) is 29.0 Å². The minimum atomic E-state index is -4.97. The molecule has 0 amide bonds. The number of aromatic nitrogens is 1. The van der Waals surface area contributed by atoms with Crippen LogP contribution in [0.2, 0.25) is 5.02 Å². The summed E-state index contributed by atoms with van der Waals surface area (Å²) in [5.74, 6) is -2.22. The van der Waals surface area contributed by atoms with Gasteiger partial charge in [-0.15, -0.1) is 0 Å². The number of hydrogen-bond donors (Lipinski definition) is 1. The first-order valence-electron chi connectivity index (χ1n) is 9.80. The number of alkyl halides is 3. The quantitative estimate of drug-likeness (QED) is 0.460. The van der Waals surface area contributed by atoms with E-state index in [1.165, 1.54) is 12.1 Å². The van der Waals surface area contributed by atoms with Gasteiger partial charge in [-0.1, -0.05) is 23.7 Å². The minimum Gasteiger partial charge on any atom is -0.478 e. The van der Waals surface area contributed by atoms with Crippen LogP contribution in [0.3, 0.4) is 0 Å². The van der Waals surface area contributed by atoms with E-state index < -0.39 is 43.5 Å². The molecule has 4 rings (SSSR count). The smallest absolute Gasteiger partial charge is 0.417 e. The van der Waals surface area contributed by atoms with Crippen molar-refractivity contribution in [2.75, 3.05) is 0 Å². The molecule has 0 radical (unpaired) electrons. The number of carboxylic acid groups (broad SMARTS) is 1. The minimum absolute atomic E-state index is 0.0395. The maximum absolute atomic E-state index is 14.8. The molecule has 11 heteroatoms. The van der Waals surface area contributed by atoms with Crippen LogP contribution in [0.5, 0.6) is 0 Å². The lowest BCUT2D eigenvalue weighted by Gasteiger charge is -2.19. The number of fused-ring (bicyclic) bond motifs is 1. The Labute approximate surface area is 191 Å². The lowest BCUT2D eigenvalue weighted by atomic mass is 9.92. The summed E-state index contributed by atoms with van der Waals surface area (Å²) < 4.78 is 83.3. The molecule has 1 aromatic heterocycles. The van der Waals surface area contributed by atoms with Gasteiger partial charge in [0.1, 0.15) is 10.7 Å². The van der Waals surface area contributed by atoms with Crippen molar-refractivity contribution in [1.29, 1.82) is 0 Å². The molecule has 33 heavy (non-hydrogen) atoms. The van der Waals surface area contributed by atoms with Crippen molar-refractivity contribution in [2.24, 2.45) is 0 Å². The molecule has 1 heterocycles. The lowest BCUT2D eigenvalue weighted by molar-refractivity contribution is -0.139. The van der Waals surface area contributed by atoms with Gasteiger partial charge in [-0.2, -0.15) is 13.2 Å². The van der Waals surface area contributed by atoms with Gasteiger partial charge < -0.3 is 5.11 Å². The molecule has 0 aliphatic heterocycles. The number of aromatic carboxylic acids is 1. The summed E-state index contributed by atoms with van der Waals surface area (Å²) in [6.07, 6.45) is -1.95. The van der Waals surface area contributed by atoms with Crippen LogP contribution in [0.15, 0.2) is 47.5 Å². The molecule has 0 spiro atoms. The Morgan fingerprint density at radius 3 is 2.39 bits per heavy atom. The third-order valence-electron chi connectivity index (χ3n) is 5.57. The third-order valence-corrected chi connectivity index (χ3v) is 7.80. The SMILES string of the molecule is O=C(O)c1ccc(-c2cn(S(=O)(=O)c3c(Cl)cccc3C(F)(F)F)c3c2CCCC3)c(F)c1. The molecule has 2 aromatic carbocycles. The monoisotopic (exact) mass is 501 g/mol. The Bertz CT molecular complexity index is 1380. The maximum Gasteiger partial charge on any atom is 0.417 e. The van der Waals surface area contributed by atoms with Crippen molar-refractivity contribution in [3.63, 3.8) is 0 Å². The number of carbonyl (C=O) groups is 1. The first-order chi connectivity index (χ1) is 15.4. The first kappa shape index (κ1) is 23.3. The van der Waals surface area contributed by atoms with Gasteiger partial charge in [-0.25, -0.2) is 21.6 Å². The van der Waals surface area contributed by atoms with Gasteiger partial charge in [-0.05, 0) is 55.5 Å². The highest BCUT2D eigenvalue weighted by Crippen LogP contribution is 2.41. The number of nitrogens with zero attached hydrogens (tertiary/aromatic N) is 1. The van der Waals surface area contributed by atoms with Gasteiger partial charge in [0, 0.05) is 23.0 Å². The van der Waals surface area contributed by atoms with E-state index in [9.17, 15) is 30.8 Å². The highest BCUT2D eigenvalue weighted by atomic mass is 35.5. The summed E-state index contributed by atoms with van der Waals surface area (Å²) in [5.41, 5.74) is -0.793. The molecule has 1 aliphatic rings. The first-order valence-corrected chi connectivity index (χ1v) is 11.6. The van der Waals surface area contributed by atoms with E-state index in [0.29, 0.717) is 30.9 Å². The van der Waals surface area contributed by atoms with Crippen molar-refractivity contribution in [2.45, 2.75) is 36.8 Å². The predicted molar refractivity (Wildman–Crippen MR) is 112 cm³/mol. The standard InChI is InChI=1S/C22H16ClF4NO4S/c23-17-6-3-5-16(22(25,26)27)20(17)33(31,32)28-11-15(14-4-1-2-7-19(14)28)13-9-8-12(21(29)30)10-18(13)24/h3,5-6,8-11H,1-2,4,7H2,(H,29,30). The second-order valence-electron chi connectivity index (χ2n) is 7.59. The molecule has 1 N–H and O–H groups in total. The Kier molecular flexibility index (Phi) is 5.78. The summed E-state index contributed by atoms with van der Waals surface area (Å²) in [5, 5.41) is 8.48. The van der Waals surface area contributed by atoms with Crippen molar-refractivity contribution < 1.29 is 35.9 Å². The van der Waals surface area contributed by atoms with Crippen LogP contribution in [-0.4, -0.2) is 23.5 Å². The highest BCUT2D eigenvalue weighted by molar-refractivity contribution is 7.90. The normalized spacial score (nSPS) is 14.2. The number of hydrogen-bond acceptors (Lipinski definition) is 3. The number of halogens is 5. The zero-order chi connectivity index (χ0) is 24.1. The summed E-state index contributed by atoms with van der Waals surface area (Å²) in [7, 11) is -4.80. The van der Waals surface area contributed by atoms with Crippen molar-refractivity contribution in [1.82, 2.24) is 3.97 Å². The van der Waals surface area contributed by atoms with E-state index >= 15 is 0 Å². The van der Waals surface area contributed by atoms with Crippen molar-refractivity contribution in [3.8, 4) is 11.1 Å². The van der Waals surface area contributed by atoms with Crippen LogP contribution in [0.4, 0.5) is 17.6 Å². The zero-order valence-corrected chi connectivity index (χ0v) is 18.4. The second-order valence-corrected chi connectivity index (χ2v) is 9.75. The molecular weight excluding hydrogens is 486 g/mol. The van der Waals surface area contributed by atoms with Crippen molar-refractivity contribution in [3.05, 3.63) is 75.8 Å². The molecule has 3 aromatic rings. The number of benzene rings is 2. The van der Waals surface area contributed by atoms with Gasteiger partial charge in [0.25, 0.3) is 10.0 Å². The molecule has 0 bridgehead atoms. The fourth-order valence-electron chi connectivity index (χ4n) is 4.10. The topological polar surface area (TPSA) is 76.4 Å². The van der Waals surface area contributed by atoms with Gasteiger partial charge in [0.05, 0.1) is 16.1 Å². The number of carboxylic acids is 1. The van der Waals surface area contributed by atoms with Gasteiger partial charge >= 0.3 is 12.1 Å². The lowest BCUT2D eigenvalue weighted by Crippen LogP contribution is -2.21. The summed E-state index contributed by atoms with van der Waals surface area (Å²) in [6, 6.07) is 5.92. The van der Waals surface area contributed by atoms with Crippen LogP contribution < -0.4 is 0 Å². The van der Waals surface area contributed by atoms with Gasteiger partial charge in [0.15, 0.2) is 0 Å². The summed E-state index contributed by atoms with van der Waals surface area (Å²) >= 11 is 5.94. The fraction of sp³-hybridized carbons (Fsp3) is 0.227. The number of rotatable bonds is 4. The Hall–Kier alpha value is -2.85. The van der Waals surface area contributed by atoms with E-state index in [2.05, 4.69) is 0 Å². The molecule has 0 saturated heterocycles. The fourth-order valence-corrected chi connectivity index (χ4v) is 6.28. The average molecular weight is 502 g/mol. The molecule has 5 nitrogen and oxygen atoms in total. The van der Waals surface area contributed by atoms with E-state index in [1.54, 1.807) is 0 Å². The van der Waals surface area contributed by atoms with Gasteiger partial charge in [-0.3, -0.25) is 0 Å². The predicted octanol–water partition coefficient (Wildman–Crippen LogP) is 5.78. The molecule has 0 fully saturated rings. The molecule has 0 atom stereocenters. The molecule has 1 aliphatic carbocycles. The third kappa shape index (κ3) is 4.02. The van der Waals surface area contributed by atoms with Crippen LogP contribution in [0.1, 0.15) is 40.0 Å². The van der Waals surface area contributed by atoms with Gasteiger partial charge in [0.2, 0.25) is 0 Å². The zero-order valence-electron chi connectivity index (χ0n) is 16.8. The average Bonchev–Trinajstić information content (AvgIpc) is 3.13. The molecule has 0 saturated carbocycles. The summed E-state index contributed by atoms with van der Waals surface area (Å²) in [4.78, 5) is 10.0. The van der Waals surface area contributed by atoms with E-state index in [-0.39, 0.29) is 28.8 Å². The van der Waals surface area contributed by atoms with E-state index in [4.69, 9.17) is 16.7 Å².